The van der Waals surface area contributed by atoms with E-state index in [4.69, 9.17) is 10.00 Å². The summed E-state index contributed by atoms with van der Waals surface area (Å²) in [5.74, 6) is -1.03. The highest BCUT2D eigenvalue weighted by atomic mass is 32.1. The molecule has 8 heteroatoms. The third-order valence-corrected chi connectivity index (χ3v) is 4.31. The van der Waals surface area contributed by atoms with Gasteiger partial charge in [0.05, 0.1) is 29.4 Å². The summed E-state index contributed by atoms with van der Waals surface area (Å²) in [7, 11) is 0. The number of amides is 1. The molecule has 0 saturated carbocycles. The van der Waals surface area contributed by atoms with Crippen molar-refractivity contribution in [1.29, 1.82) is 5.26 Å². The average molecular weight is 378 g/mol. The predicted octanol–water partition coefficient (Wildman–Crippen LogP) is 2.80. The third-order valence-electron chi connectivity index (χ3n) is 3.40. The summed E-state index contributed by atoms with van der Waals surface area (Å²) in [5.41, 5.74) is 2.19. The predicted molar refractivity (Wildman–Crippen MR) is 99.8 cm³/mol. The number of pyridine rings is 1. The topological polar surface area (TPSA) is 105 Å². The summed E-state index contributed by atoms with van der Waals surface area (Å²) >= 11 is 1.39. The molecule has 1 amide bonds. The van der Waals surface area contributed by atoms with Gasteiger partial charge in [-0.05, 0) is 30.3 Å². The lowest BCUT2D eigenvalue weighted by molar-refractivity contribution is -0.146. The van der Waals surface area contributed by atoms with Gasteiger partial charge in [0, 0.05) is 17.3 Å². The SMILES string of the molecule is N#Cc1cccc(NC(=O)COC(=O)Cc2csc(-c3ccccn3)n2)c1. The fourth-order valence-electron chi connectivity index (χ4n) is 2.20. The molecule has 1 N–H and O–H groups in total. The van der Waals surface area contributed by atoms with Crippen LogP contribution in [-0.2, 0) is 20.7 Å². The monoisotopic (exact) mass is 378 g/mol. The van der Waals surface area contributed by atoms with E-state index in [1.807, 2.05) is 24.3 Å². The first kappa shape index (κ1) is 18.2. The van der Waals surface area contributed by atoms with E-state index in [0.717, 1.165) is 5.69 Å². The Labute approximate surface area is 159 Å². The zero-order chi connectivity index (χ0) is 19.1. The summed E-state index contributed by atoms with van der Waals surface area (Å²) in [6, 6.07) is 14.0. The Morgan fingerprint density at radius 1 is 1.22 bits per heavy atom. The number of ether oxygens (including phenoxy) is 1. The van der Waals surface area contributed by atoms with Gasteiger partial charge in [0.15, 0.2) is 6.61 Å². The maximum atomic E-state index is 11.9. The van der Waals surface area contributed by atoms with E-state index in [1.54, 1.807) is 29.8 Å². The van der Waals surface area contributed by atoms with Gasteiger partial charge in [0.2, 0.25) is 0 Å². The molecular formula is C19H14N4O3S. The van der Waals surface area contributed by atoms with E-state index in [1.165, 1.54) is 17.4 Å². The molecule has 0 fully saturated rings. The van der Waals surface area contributed by atoms with E-state index in [9.17, 15) is 9.59 Å². The first-order chi connectivity index (χ1) is 13.1. The van der Waals surface area contributed by atoms with Crippen LogP contribution in [0.15, 0.2) is 54.0 Å². The van der Waals surface area contributed by atoms with E-state index >= 15 is 0 Å². The fraction of sp³-hybridized carbons (Fsp3) is 0.105. The Morgan fingerprint density at radius 3 is 2.89 bits per heavy atom. The molecule has 3 aromatic rings. The smallest absolute Gasteiger partial charge is 0.312 e. The van der Waals surface area contributed by atoms with Crippen LogP contribution in [0.5, 0.6) is 0 Å². The van der Waals surface area contributed by atoms with Crippen LogP contribution in [0.1, 0.15) is 11.3 Å². The normalized spacial score (nSPS) is 10.0. The average Bonchev–Trinajstić information content (AvgIpc) is 3.15. The second kappa shape index (κ2) is 8.69. The number of aromatic nitrogens is 2. The number of benzene rings is 1. The van der Waals surface area contributed by atoms with E-state index in [-0.39, 0.29) is 6.42 Å². The molecule has 0 saturated heterocycles. The number of anilines is 1. The second-order valence-electron chi connectivity index (χ2n) is 5.44. The number of nitriles is 1. The molecule has 0 spiro atoms. The Balaban J connectivity index is 1.49. The minimum atomic E-state index is -0.547. The Hall–Kier alpha value is -3.57. The summed E-state index contributed by atoms with van der Waals surface area (Å²) < 4.78 is 4.98. The first-order valence-corrected chi connectivity index (χ1v) is 8.83. The molecule has 0 atom stereocenters. The van der Waals surface area contributed by atoms with Gasteiger partial charge in [-0.25, -0.2) is 4.98 Å². The van der Waals surface area contributed by atoms with Crippen molar-refractivity contribution >= 4 is 28.9 Å². The fourth-order valence-corrected chi connectivity index (χ4v) is 3.00. The molecule has 0 unspecified atom stereocenters. The number of esters is 1. The minimum Gasteiger partial charge on any atom is -0.455 e. The van der Waals surface area contributed by atoms with Gasteiger partial charge < -0.3 is 10.1 Å². The number of hydrogen-bond acceptors (Lipinski definition) is 7. The molecule has 3 rings (SSSR count). The lowest BCUT2D eigenvalue weighted by atomic mass is 10.2. The molecule has 134 valence electrons. The number of rotatable bonds is 6. The van der Waals surface area contributed by atoms with Crippen molar-refractivity contribution in [2.75, 3.05) is 11.9 Å². The number of carbonyl (C=O) groups is 2. The van der Waals surface area contributed by atoms with Crippen LogP contribution in [0, 0.1) is 11.3 Å². The summed E-state index contributed by atoms with van der Waals surface area (Å²) in [5, 5.41) is 13.9. The number of carbonyl (C=O) groups excluding carboxylic acids is 2. The molecule has 1 aromatic carbocycles. The van der Waals surface area contributed by atoms with Crippen molar-refractivity contribution in [3.8, 4) is 16.8 Å². The van der Waals surface area contributed by atoms with Gasteiger partial charge in [-0.15, -0.1) is 11.3 Å². The Bertz CT molecular complexity index is 995. The molecule has 0 bridgehead atoms. The maximum Gasteiger partial charge on any atom is 0.312 e. The number of thiazole rings is 1. The van der Waals surface area contributed by atoms with Gasteiger partial charge >= 0.3 is 5.97 Å². The quantitative estimate of drug-likeness (QED) is 0.661. The number of hydrogen-bond donors (Lipinski definition) is 1. The molecule has 0 radical (unpaired) electrons. The lowest BCUT2D eigenvalue weighted by Gasteiger charge is -2.06. The number of nitrogens with zero attached hydrogens (tertiary/aromatic N) is 3. The van der Waals surface area contributed by atoms with Crippen molar-refractivity contribution in [2.24, 2.45) is 0 Å². The van der Waals surface area contributed by atoms with Crippen molar-refractivity contribution in [1.82, 2.24) is 9.97 Å². The van der Waals surface area contributed by atoms with Gasteiger partial charge in [-0.2, -0.15) is 5.26 Å². The van der Waals surface area contributed by atoms with Gasteiger partial charge in [0.25, 0.3) is 5.91 Å². The maximum absolute atomic E-state index is 11.9. The van der Waals surface area contributed by atoms with Crippen molar-refractivity contribution in [2.45, 2.75) is 6.42 Å². The first-order valence-electron chi connectivity index (χ1n) is 7.95. The van der Waals surface area contributed by atoms with Crippen molar-refractivity contribution < 1.29 is 14.3 Å². The second-order valence-corrected chi connectivity index (χ2v) is 6.30. The summed E-state index contributed by atoms with van der Waals surface area (Å²) in [6.45, 7) is -0.410. The Kier molecular flexibility index (Phi) is 5.87. The van der Waals surface area contributed by atoms with E-state index in [0.29, 0.717) is 22.0 Å². The van der Waals surface area contributed by atoms with Gasteiger partial charge in [-0.3, -0.25) is 14.6 Å². The highest BCUT2D eigenvalue weighted by molar-refractivity contribution is 7.13. The zero-order valence-electron chi connectivity index (χ0n) is 14.1. The van der Waals surface area contributed by atoms with Gasteiger partial charge in [0.1, 0.15) is 5.01 Å². The van der Waals surface area contributed by atoms with Crippen LogP contribution >= 0.6 is 11.3 Å². The molecule has 2 aromatic heterocycles. The number of nitrogens with one attached hydrogen (secondary N) is 1. The highest BCUT2D eigenvalue weighted by Crippen LogP contribution is 2.21. The van der Waals surface area contributed by atoms with Crippen molar-refractivity contribution in [3.05, 3.63) is 65.3 Å². The standard InChI is InChI=1S/C19H14N4O3S/c20-10-13-4-3-5-14(8-13)22-17(24)11-26-18(25)9-15-12-27-19(23-15)16-6-1-2-7-21-16/h1-8,12H,9,11H2,(H,22,24). The lowest BCUT2D eigenvalue weighted by Crippen LogP contribution is -2.21. The van der Waals surface area contributed by atoms with E-state index in [2.05, 4.69) is 15.3 Å². The summed E-state index contributed by atoms with van der Waals surface area (Å²) in [4.78, 5) is 32.4. The molecule has 7 nitrogen and oxygen atoms in total. The van der Waals surface area contributed by atoms with Crippen LogP contribution in [0.25, 0.3) is 10.7 Å². The molecule has 0 aliphatic carbocycles. The Morgan fingerprint density at radius 2 is 2.11 bits per heavy atom. The van der Waals surface area contributed by atoms with Crippen LogP contribution in [0.3, 0.4) is 0 Å². The van der Waals surface area contributed by atoms with Crippen LogP contribution in [0.4, 0.5) is 5.69 Å². The molecule has 27 heavy (non-hydrogen) atoms. The summed E-state index contributed by atoms with van der Waals surface area (Å²) in [6.07, 6.45) is 1.65. The molecule has 2 heterocycles. The minimum absolute atomic E-state index is 0.0273. The molecule has 0 aliphatic heterocycles. The zero-order valence-corrected chi connectivity index (χ0v) is 14.9. The molecular weight excluding hydrogens is 364 g/mol. The highest BCUT2D eigenvalue weighted by Gasteiger charge is 2.12. The third kappa shape index (κ3) is 5.20. The van der Waals surface area contributed by atoms with Gasteiger partial charge in [-0.1, -0.05) is 12.1 Å². The largest absolute Gasteiger partial charge is 0.455 e. The molecule has 0 aliphatic rings. The van der Waals surface area contributed by atoms with Crippen LogP contribution in [0.2, 0.25) is 0 Å². The van der Waals surface area contributed by atoms with Crippen LogP contribution < -0.4 is 5.32 Å². The van der Waals surface area contributed by atoms with Crippen LogP contribution in [-0.4, -0.2) is 28.5 Å². The van der Waals surface area contributed by atoms with E-state index < -0.39 is 18.5 Å². The van der Waals surface area contributed by atoms with Crippen molar-refractivity contribution in [3.63, 3.8) is 0 Å².